The molecule has 3 rings (SSSR count). The lowest BCUT2D eigenvalue weighted by Crippen LogP contribution is -2.23. The van der Waals surface area contributed by atoms with Crippen LogP contribution in [-0.2, 0) is 17.8 Å². The predicted molar refractivity (Wildman–Crippen MR) is 81.9 cm³/mol. The summed E-state index contributed by atoms with van der Waals surface area (Å²) in [6.45, 7) is 0.477. The van der Waals surface area contributed by atoms with E-state index in [-0.39, 0.29) is 12.3 Å². The monoisotopic (exact) mass is 309 g/mol. The Morgan fingerprint density at radius 1 is 1.09 bits per heavy atom. The third kappa shape index (κ3) is 4.19. The van der Waals surface area contributed by atoms with Gasteiger partial charge in [0.2, 0.25) is 11.8 Å². The number of pyridine rings is 2. The van der Waals surface area contributed by atoms with Crippen molar-refractivity contribution >= 4 is 5.91 Å². The molecule has 0 unspecified atom stereocenters. The maximum absolute atomic E-state index is 11.8. The van der Waals surface area contributed by atoms with Crippen molar-refractivity contribution in [2.75, 3.05) is 0 Å². The van der Waals surface area contributed by atoms with Crippen LogP contribution in [0.5, 0.6) is 0 Å². The molecule has 23 heavy (non-hydrogen) atoms. The van der Waals surface area contributed by atoms with E-state index >= 15 is 0 Å². The Balaban J connectivity index is 1.49. The van der Waals surface area contributed by atoms with Gasteiger partial charge in [-0.2, -0.15) is 0 Å². The van der Waals surface area contributed by atoms with Crippen molar-refractivity contribution in [3.8, 4) is 11.6 Å². The number of rotatable bonds is 6. The number of nitrogens with zero attached hydrogens (tertiary/aromatic N) is 4. The molecule has 0 aliphatic heterocycles. The molecule has 1 N–H and O–H groups in total. The van der Waals surface area contributed by atoms with Gasteiger partial charge in [0.25, 0.3) is 5.89 Å². The molecule has 1 amide bonds. The summed E-state index contributed by atoms with van der Waals surface area (Å²) in [4.78, 5) is 19.9. The molecule has 3 aromatic rings. The maximum Gasteiger partial charge on any atom is 0.266 e. The van der Waals surface area contributed by atoms with E-state index in [0.717, 1.165) is 5.56 Å². The first-order chi connectivity index (χ1) is 11.3. The van der Waals surface area contributed by atoms with Gasteiger partial charge in [-0.05, 0) is 29.8 Å². The second kappa shape index (κ2) is 7.26. The van der Waals surface area contributed by atoms with E-state index < -0.39 is 0 Å². The number of aryl methyl sites for hydroxylation is 1. The number of carbonyl (C=O) groups is 1. The van der Waals surface area contributed by atoms with Crippen molar-refractivity contribution < 1.29 is 9.21 Å². The molecule has 3 heterocycles. The van der Waals surface area contributed by atoms with Gasteiger partial charge >= 0.3 is 0 Å². The second-order valence-corrected chi connectivity index (χ2v) is 4.85. The van der Waals surface area contributed by atoms with Gasteiger partial charge in [0.15, 0.2) is 0 Å². The number of nitrogens with one attached hydrogen (secondary N) is 1. The van der Waals surface area contributed by atoms with Crippen LogP contribution in [0.15, 0.2) is 53.3 Å². The zero-order valence-electron chi connectivity index (χ0n) is 12.3. The number of aromatic nitrogens is 4. The lowest BCUT2D eigenvalue weighted by molar-refractivity contribution is -0.121. The SMILES string of the molecule is O=C(CCc1nnc(-c2ccccn2)o1)NCc1ccncc1. The fraction of sp³-hybridized carbons (Fsp3) is 0.188. The molecule has 0 aliphatic carbocycles. The first-order valence-electron chi connectivity index (χ1n) is 7.20. The van der Waals surface area contributed by atoms with E-state index in [9.17, 15) is 4.79 Å². The zero-order chi connectivity index (χ0) is 15.9. The summed E-state index contributed by atoms with van der Waals surface area (Å²) in [6, 6.07) is 9.17. The number of hydrogen-bond donors (Lipinski definition) is 1. The highest BCUT2D eigenvalue weighted by Crippen LogP contribution is 2.14. The van der Waals surface area contributed by atoms with Crippen LogP contribution in [0.2, 0.25) is 0 Å². The van der Waals surface area contributed by atoms with E-state index in [4.69, 9.17) is 4.42 Å². The molecule has 7 heteroatoms. The first kappa shape index (κ1) is 14.8. The first-order valence-corrected chi connectivity index (χ1v) is 7.20. The van der Waals surface area contributed by atoms with E-state index in [2.05, 4.69) is 25.5 Å². The number of amides is 1. The molecule has 0 aliphatic rings. The van der Waals surface area contributed by atoms with Crippen molar-refractivity contribution in [3.05, 3.63) is 60.4 Å². The Labute approximate surface area is 132 Å². The highest BCUT2D eigenvalue weighted by molar-refractivity contribution is 5.76. The summed E-state index contributed by atoms with van der Waals surface area (Å²) in [5.41, 5.74) is 1.62. The smallest absolute Gasteiger partial charge is 0.266 e. The molecule has 0 bridgehead atoms. The van der Waals surface area contributed by atoms with Crippen molar-refractivity contribution in [2.24, 2.45) is 0 Å². The second-order valence-electron chi connectivity index (χ2n) is 4.85. The van der Waals surface area contributed by atoms with Crippen LogP contribution in [-0.4, -0.2) is 26.1 Å². The minimum Gasteiger partial charge on any atom is -0.419 e. The molecule has 0 fully saturated rings. The minimum absolute atomic E-state index is 0.0700. The van der Waals surface area contributed by atoms with Crippen molar-refractivity contribution in [2.45, 2.75) is 19.4 Å². The number of hydrogen-bond acceptors (Lipinski definition) is 6. The Morgan fingerprint density at radius 3 is 2.74 bits per heavy atom. The van der Waals surface area contributed by atoms with Crippen LogP contribution < -0.4 is 5.32 Å². The van der Waals surface area contributed by atoms with Crippen LogP contribution in [0, 0.1) is 0 Å². The Morgan fingerprint density at radius 2 is 1.96 bits per heavy atom. The van der Waals surface area contributed by atoms with Gasteiger partial charge in [-0.3, -0.25) is 14.8 Å². The molecule has 0 aromatic carbocycles. The van der Waals surface area contributed by atoms with E-state index in [1.807, 2.05) is 24.3 Å². The van der Waals surface area contributed by atoms with E-state index in [0.29, 0.717) is 30.4 Å². The van der Waals surface area contributed by atoms with Gasteiger partial charge < -0.3 is 9.73 Å². The van der Waals surface area contributed by atoms with Crippen molar-refractivity contribution in [1.29, 1.82) is 0 Å². The van der Waals surface area contributed by atoms with Gasteiger partial charge in [-0.25, -0.2) is 0 Å². The van der Waals surface area contributed by atoms with Gasteiger partial charge in [-0.1, -0.05) is 6.07 Å². The van der Waals surface area contributed by atoms with E-state index in [1.165, 1.54) is 0 Å². The molecule has 0 saturated heterocycles. The molecule has 0 atom stereocenters. The molecule has 0 spiro atoms. The standard InChI is InChI=1S/C16H15N5O2/c22-14(19-11-12-6-9-17-10-7-12)4-5-15-20-21-16(23-15)13-3-1-2-8-18-13/h1-3,6-10H,4-5,11H2,(H,19,22). The molecular weight excluding hydrogens is 294 g/mol. The highest BCUT2D eigenvalue weighted by Gasteiger charge is 2.11. The quantitative estimate of drug-likeness (QED) is 0.746. The Kier molecular flexibility index (Phi) is 4.68. The Bertz CT molecular complexity index is 758. The normalized spacial score (nSPS) is 10.4. The van der Waals surface area contributed by atoms with Gasteiger partial charge in [0, 0.05) is 38.0 Å². The lowest BCUT2D eigenvalue weighted by Gasteiger charge is -2.03. The van der Waals surface area contributed by atoms with Gasteiger partial charge in [0.1, 0.15) is 5.69 Å². The fourth-order valence-corrected chi connectivity index (χ4v) is 1.96. The van der Waals surface area contributed by atoms with Crippen LogP contribution in [0.1, 0.15) is 17.9 Å². The average molecular weight is 309 g/mol. The summed E-state index contributed by atoms with van der Waals surface area (Å²) in [5, 5.41) is 10.7. The molecule has 116 valence electrons. The minimum atomic E-state index is -0.0700. The topological polar surface area (TPSA) is 93.8 Å². The summed E-state index contributed by atoms with van der Waals surface area (Å²) in [5.74, 6) is 0.710. The molecular formula is C16H15N5O2. The molecule has 0 saturated carbocycles. The van der Waals surface area contributed by atoms with Crippen molar-refractivity contribution in [3.63, 3.8) is 0 Å². The highest BCUT2D eigenvalue weighted by atomic mass is 16.4. The molecule has 7 nitrogen and oxygen atoms in total. The molecule has 0 radical (unpaired) electrons. The third-order valence-corrected chi connectivity index (χ3v) is 3.16. The summed E-state index contributed by atoms with van der Waals surface area (Å²) < 4.78 is 5.51. The van der Waals surface area contributed by atoms with Gasteiger partial charge in [0.05, 0.1) is 0 Å². The largest absolute Gasteiger partial charge is 0.419 e. The van der Waals surface area contributed by atoms with Crippen molar-refractivity contribution in [1.82, 2.24) is 25.5 Å². The molecule has 3 aromatic heterocycles. The third-order valence-electron chi connectivity index (χ3n) is 3.16. The van der Waals surface area contributed by atoms with Crippen LogP contribution >= 0.6 is 0 Å². The average Bonchev–Trinajstić information content (AvgIpc) is 3.09. The summed E-state index contributed by atoms with van der Waals surface area (Å²) in [6.07, 6.45) is 5.72. The van der Waals surface area contributed by atoms with Crippen LogP contribution in [0.25, 0.3) is 11.6 Å². The summed E-state index contributed by atoms with van der Waals surface area (Å²) in [7, 11) is 0. The maximum atomic E-state index is 11.8. The lowest BCUT2D eigenvalue weighted by atomic mass is 10.2. The number of carbonyl (C=O) groups excluding carboxylic acids is 1. The Hall–Kier alpha value is -3.09. The van der Waals surface area contributed by atoms with Crippen LogP contribution in [0.3, 0.4) is 0 Å². The zero-order valence-corrected chi connectivity index (χ0v) is 12.3. The van der Waals surface area contributed by atoms with Gasteiger partial charge in [-0.15, -0.1) is 10.2 Å². The van der Waals surface area contributed by atoms with E-state index in [1.54, 1.807) is 24.7 Å². The van der Waals surface area contributed by atoms with Crippen LogP contribution in [0.4, 0.5) is 0 Å². The predicted octanol–water partition coefficient (Wildman–Crippen LogP) is 1.78. The summed E-state index contributed by atoms with van der Waals surface area (Å²) >= 11 is 0. The fourth-order valence-electron chi connectivity index (χ4n) is 1.96.